The van der Waals surface area contributed by atoms with E-state index in [1.165, 1.54) is 30.5 Å². The molecule has 0 radical (unpaired) electrons. The Kier molecular flexibility index (Phi) is 4.02. The molecule has 7 nitrogen and oxygen atoms in total. The third-order valence-electron chi connectivity index (χ3n) is 3.32. The average Bonchev–Trinajstić information content (AvgIpc) is 2.70. The minimum absolute atomic E-state index is 0.0659. The second-order valence-corrected chi connectivity index (χ2v) is 7.22. The van der Waals surface area contributed by atoms with Crippen LogP contribution in [0.3, 0.4) is 0 Å². The van der Waals surface area contributed by atoms with Crippen LogP contribution in [0, 0.1) is 6.92 Å². The van der Waals surface area contributed by atoms with Crippen molar-refractivity contribution in [3.63, 3.8) is 0 Å². The normalized spacial score (nSPS) is 12.2. The lowest BCUT2D eigenvalue weighted by atomic mass is 10.2. The highest BCUT2D eigenvalue weighted by Crippen LogP contribution is 2.18. The molecule has 0 fully saturated rings. The summed E-state index contributed by atoms with van der Waals surface area (Å²) in [4.78, 5) is 15.4. The van der Waals surface area contributed by atoms with Gasteiger partial charge in [0, 0.05) is 20.6 Å². The lowest BCUT2D eigenvalue weighted by Gasteiger charge is -2.12. The van der Waals surface area contributed by atoms with Gasteiger partial charge in [0.15, 0.2) is 0 Å². The number of nitrogens with zero attached hydrogens (tertiary/aromatic N) is 3. The van der Waals surface area contributed by atoms with Crippen LogP contribution in [0.5, 0.6) is 0 Å². The van der Waals surface area contributed by atoms with Crippen molar-refractivity contribution < 1.29 is 18.3 Å². The summed E-state index contributed by atoms with van der Waals surface area (Å²) in [6.45, 7) is 1.99. The molecule has 1 N–H and O–H groups in total. The van der Waals surface area contributed by atoms with Gasteiger partial charge in [-0.05, 0) is 25.1 Å². The fourth-order valence-corrected chi connectivity index (χ4v) is 2.83. The quantitative estimate of drug-likeness (QED) is 0.887. The molecule has 0 spiro atoms. The summed E-state index contributed by atoms with van der Waals surface area (Å²) in [7, 11) is -0.352. The molecule has 8 heteroatoms. The van der Waals surface area contributed by atoms with E-state index >= 15 is 0 Å². The molecule has 2 aromatic rings. The molecule has 0 aliphatic heterocycles. The van der Waals surface area contributed by atoms with Crippen LogP contribution in [0.2, 0.25) is 0 Å². The van der Waals surface area contributed by atoms with Gasteiger partial charge < -0.3 is 9.67 Å². The van der Waals surface area contributed by atoms with E-state index in [0.29, 0.717) is 16.9 Å². The number of imidazole rings is 1. The molecule has 0 aliphatic carbocycles. The molecule has 114 valence electrons. The van der Waals surface area contributed by atoms with Crippen molar-refractivity contribution >= 4 is 27.0 Å². The van der Waals surface area contributed by atoms with Crippen LogP contribution in [-0.2, 0) is 16.6 Å². The number of benzene rings is 1. The van der Waals surface area contributed by atoms with Gasteiger partial charge in [-0.1, -0.05) is 0 Å². The average molecular weight is 311 g/mol. The number of fused-ring (bicyclic) bond motifs is 1. The topological polar surface area (TPSA) is 92.5 Å². The molecule has 1 aromatic carbocycles. The van der Waals surface area contributed by atoms with Crippen LogP contribution < -0.4 is 0 Å². The van der Waals surface area contributed by atoms with Crippen molar-refractivity contribution in [1.82, 2.24) is 13.9 Å². The molecule has 0 atom stereocenters. The summed E-state index contributed by atoms with van der Waals surface area (Å²) >= 11 is 0. The Morgan fingerprint density at radius 2 is 2.05 bits per heavy atom. The summed E-state index contributed by atoms with van der Waals surface area (Å²) in [6, 6.07) is 4.63. The molecule has 1 heterocycles. The van der Waals surface area contributed by atoms with E-state index in [-0.39, 0.29) is 17.9 Å². The van der Waals surface area contributed by atoms with Gasteiger partial charge in [0.05, 0.1) is 22.3 Å². The fraction of sp³-hybridized carbons (Fsp3) is 0.385. The van der Waals surface area contributed by atoms with Crippen molar-refractivity contribution in [2.24, 2.45) is 0 Å². The monoisotopic (exact) mass is 311 g/mol. The lowest BCUT2D eigenvalue weighted by Crippen LogP contribution is -2.27. The molecule has 0 unspecified atom stereocenters. The number of carboxylic acid groups (broad SMARTS) is 1. The van der Waals surface area contributed by atoms with Gasteiger partial charge in [0.2, 0.25) is 10.0 Å². The van der Waals surface area contributed by atoms with Crippen LogP contribution in [-0.4, -0.2) is 53.2 Å². The maximum atomic E-state index is 11.8. The molecular formula is C13H17N3O4S. The molecule has 1 aromatic heterocycles. The Hall–Kier alpha value is -1.93. The standard InChI is InChI=1S/C13H17N3O4S/c1-9-14-11-5-4-10(13(17)18)8-12(11)16(9)6-7-21(19,20)15(2)3/h4-5,8H,6-7H2,1-3H3,(H,17,18). The van der Waals surface area contributed by atoms with E-state index in [9.17, 15) is 13.2 Å². The van der Waals surface area contributed by atoms with E-state index in [4.69, 9.17) is 5.11 Å². The zero-order chi connectivity index (χ0) is 15.8. The highest BCUT2D eigenvalue weighted by molar-refractivity contribution is 7.89. The largest absolute Gasteiger partial charge is 0.478 e. The van der Waals surface area contributed by atoms with Crippen molar-refractivity contribution in [3.05, 3.63) is 29.6 Å². The minimum Gasteiger partial charge on any atom is -0.478 e. The van der Waals surface area contributed by atoms with Gasteiger partial charge in [0.25, 0.3) is 0 Å². The minimum atomic E-state index is -3.32. The first-order valence-corrected chi connectivity index (χ1v) is 7.93. The van der Waals surface area contributed by atoms with Gasteiger partial charge in [-0.2, -0.15) is 0 Å². The fourth-order valence-electron chi connectivity index (χ4n) is 2.05. The molecule has 0 saturated heterocycles. The number of hydrogen-bond donors (Lipinski definition) is 1. The van der Waals surface area contributed by atoms with Gasteiger partial charge in [-0.25, -0.2) is 22.5 Å². The Balaban J connectivity index is 2.41. The number of aromatic carboxylic acids is 1. The molecule has 21 heavy (non-hydrogen) atoms. The molecule has 0 bridgehead atoms. The molecule has 2 rings (SSSR count). The summed E-state index contributed by atoms with van der Waals surface area (Å²) in [6.07, 6.45) is 0. The molecule has 0 saturated carbocycles. The maximum absolute atomic E-state index is 11.8. The first-order valence-electron chi connectivity index (χ1n) is 6.33. The second-order valence-electron chi connectivity index (χ2n) is 4.92. The Morgan fingerprint density at radius 3 is 2.62 bits per heavy atom. The van der Waals surface area contributed by atoms with Gasteiger partial charge >= 0.3 is 5.97 Å². The molecule has 0 aliphatic rings. The first-order chi connectivity index (χ1) is 9.72. The highest BCUT2D eigenvalue weighted by Gasteiger charge is 2.16. The molecular weight excluding hydrogens is 294 g/mol. The SMILES string of the molecule is Cc1nc2ccc(C(=O)O)cc2n1CCS(=O)(=O)N(C)C. The lowest BCUT2D eigenvalue weighted by molar-refractivity contribution is 0.0697. The van der Waals surface area contributed by atoms with Crippen LogP contribution in [0.15, 0.2) is 18.2 Å². The number of carbonyl (C=O) groups is 1. The molecule has 0 amide bonds. The number of sulfonamides is 1. The van der Waals surface area contributed by atoms with E-state index in [1.54, 1.807) is 17.6 Å². The van der Waals surface area contributed by atoms with Crippen molar-refractivity contribution in [2.45, 2.75) is 13.5 Å². The number of hydrogen-bond acceptors (Lipinski definition) is 4. The first kappa shape index (κ1) is 15.5. The summed E-state index contributed by atoms with van der Waals surface area (Å²) in [5.74, 6) is -0.437. The van der Waals surface area contributed by atoms with Crippen molar-refractivity contribution in [1.29, 1.82) is 0 Å². The Labute approximate surface area is 122 Å². The second kappa shape index (κ2) is 5.45. The third-order valence-corrected chi connectivity index (χ3v) is 5.13. The highest BCUT2D eigenvalue weighted by atomic mass is 32.2. The van der Waals surface area contributed by atoms with Crippen LogP contribution in [0.1, 0.15) is 16.2 Å². The predicted molar refractivity (Wildman–Crippen MR) is 78.9 cm³/mol. The predicted octanol–water partition coefficient (Wildman–Crippen LogP) is 0.934. The van der Waals surface area contributed by atoms with Crippen molar-refractivity contribution in [2.75, 3.05) is 19.8 Å². The third kappa shape index (κ3) is 3.06. The zero-order valence-corrected chi connectivity index (χ0v) is 12.9. The van der Waals surface area contributed by atoms with Gasteiger partial charge in [-0.3, -0.25) is 0 Å². The van der Waals surface area contributed by atoms with E-state index < -0.39 is 16.0 Å². The van der Waals surface area contributed by atoms with Crippen molar-refractivity contribution in [3.8, 4) is 0 Å². The number of carboxylic acids is 1. The number of aryl methyl sites for hydroxylation is 2. The Bertz CT molecular complexity index is 793. The van der Waals surface area contributed by atoms with Gasteiger partial charge in [0.1, 0.15) is 5.82 Å². The Morgan fingerprint density at radius 1 is 1.38 bits per heavy atom. The van der Waals surface area contributed by atoms with Crippen LogP contribution in [0.4, 0.5) is 0 Å². The van der Waals surface area contributed by atoms with E-state index in [2.05, 4.69) is 4.98 Å². The summed E-state index contributed by atoms with van der Waals surface area (Å²) in [5, 5.41) is 9.04. The summed E-state index contributed by atoms with van der Waals surface area (Å²) < 4.78 is 26.6. The van der Waals surface area contributed by atoms with Gasteiger partial charge in [-0.15, -0.1) is 0 Å². The van der Waals surface area contributed by atoms with E-state index in [1.807, 2.05) is 0 Å². The maximum Gasteiger partial charge on any atom is 0.335 e. The zero-order valence-electron chi connectivity index (χ0n) is 12.1. The number of aromatic nitrogens is 2. The smallest absolute Gasteiger partial charge is 0.335 e. The van der Waals surface area contributed by atoms with Crippen LogP contribution in [0.25, 0.3) is 11.0 Å². The van der Waals surface area contributed by atoms with E-state index in [0.717, 1.165) is 0 Å². The summed E-state index contributed by atoms with van der Waals surface area (Å²) in [5.41, 5.74) is 1.43. The number of rotatable bonds is 5. The van der Waals surface area contributed by atoms with Crippen LogP contribution >= 0.6 is 0 Å².